The van der Waals surface area contributed by atoms with E-state index in [-0.39, 0.29) is 20.6 Å². The van der Waals surface area contributed by atoms with Gasteiger partial charge in [-0.05, 0) is 24.6 Å². The second kappa shape index (κ2) is 5.75. The van der Waals surface area contributed by atoms with E-state index >= 15 is 0 Å². The second-order valence-electron chi connectivity index (χ2n) is 4.10. The van der Waals surface area contributed by atoms with Crippen LogP contribution in [0.4, 0.5) is 14.5 Å². The Morgan fingerprint density at radius 3 is 2.52 bits per heavy atom. The number of anilines is 1. The Morgan fingerprint density at radius 2 is 1.90 bits per heavy atom. The Kier molecular flexibility index (Phi) is 4.36. The molecule has 0 aliphatic heterocycles. The quantitative estimate of drug-likeness (QED) is 0.855. The Labute approximate surface area is 129 Å². The van der Waals surface area contributed by atoms with Gasteiger partial charge in [0.25, 0.3) is 10.0 Å². The molecule has 1 N–H and O–H groups in total. The van der Waals surface area contributed by atoms with Crippen molar-refractivity contribution in [2.45, 2.75) is 11.8 Å². The van der Waals surface area contributed by atoms with Gasteiger partial charge in [0.15, 0.2) is 5.82 Å². The smallest absolute Gasteiger partial charge is 0.263 e. The SMILES string of the molecule is Cc1ccc(F)c(NS(=O)(=O)c2cnc(Cl)c(Cl)c2)c1F. The zero-order valence-electron chi connectivity index (χ0n) is 10.5. The number of aromatic nitrogens is 1. The minimum absolute atomic E-state index is 0.0801. The molecule has 2 rings (SSSR count). The standard InChI is InChI=1S/C12H8Cl2F2N2O2S/c1-6-2-3-9(15)11(10(6)16)18-21(19,20)7-4-8(13)12(14)17-5-7/h2-5,18H,1H3. The van der Waals surface area contributed by atoms with Gasteiger partial charge < -0.3 is 0 Å². The highest BCUT2D eigenvalue weighted by atomic mass is 35.5. The van der Waals surface area contributed by atoms with Crippen LogP contribution in [-0.4, -0.2) is 13.4 Å². The fourth-order valence-electron chi connectivity index (χ4n) is 1.49. The molecule has 4 nitrogen and oxygen atoms in total. The van der Waals surface area contributed by atoms with E-state index in [1.165, 1.54) is 13.0 Å². The second-order valence-corrected chi connectivity index (χ2v) is 6.55. The van der Waals surface area contributed by atoms with Crippen molar-refractivity contribution in [2.24, 2.45) is 0 Å². The molecule has 0 radical (unpaired) electrons. The van der Waals surface area contributed by atoms with Gasteiger partial charge in [-0.1, -0.05) is 29.3 Å². The molecule has 0 saturated carbocycles. The van der Waals surface area contributed by atoms with E-state index in [9.17, 15) is 17.2 Å². The maximum Gasteiger partial charge on any atom is 0.263 e. The molecule has 0 spiro atoms. The summed E-state index contributed by atoms with van der Waals surface area (Å²) >= 11 is 11.3. The fraction of sp³-hybridized carbons (Fsp3) is 0.0833. The monoisotopic (exact) mass is 352 g/mol. The first kappa shape index (κ1) is 15.9. The van der Waals surface area contributed by atoms with Crippen LogP contribution >= 0.6 is 23.2 Å². The third kappa shape index (κ3) is 3.25. The summed E-state index contributed by atoms with van der Waals surface area (Å²) in [7, 11) is -4.25. The zero-order valence-corrected chi connectivity index (χ0v) is 12.8. The van der Waals surface area contributed by atoms with Gasteiger partial charge in [0.05, 0.1) is 5.02 Å². The van der Waals surface area contributed by atoms with E-state index in [2.05, 4.69) is 4.98 Å². The summed E-state index contributed by atoms with van der Waals surface area (Å²) in [5.41, 5.74) is -0.664. The molecule has 0 aliphatic carbocycles. The lowest BCUT2D eigenvalue weighted by Crippen LogP contribution is -2.16. The molecule has 0 bridgehead atoms. The average molecular weight is 353 g/mol. The molecular weight excluding hydrogens is 345 g/mol. The number of hydrogen-bond donors (Lipinski definition) is 1. The Balaban J connectivity index is 2.47. The minimum atomic E-state index is -4.25. The summed E-state index contributed by atoms with van der Waals surface area (Å²) in [5, 5.41) is -0.173. The molecule has 9 heteroatoms. The molecule has 2 aromatic rings. The van der Waals surface area contributed by atoms with E-state index in [0.717, 1.165) is 18.3 Å². The number of halogens is 4. The first-order chi connectivity index (χ1) is 9.72. The maximum atomic E-state index is 13.8. The van der Waals surface area contributed by atoms with Crippen molar-refractivity contribution in [1.29, 1.82) is 0 Å². The highest BCUT2D eigenvalue weighted by molar-refractivity contribution is 7.92. The summed E-state index contributed by atoms with van der Waals surface area (Å²) in [6.45, 7) is 1.38. The molecule has 1 heterocycles. The highest BCUT2D eigenvalue weighted by Crippen LogP contribution is 2.27. The molecule has 1 aromatic carbocycles. The predicted octanol–water partition coefficient (Wildman–Crippen LogP) is 3.78. The number of aryl methyl sites for hydroxylation is 1. The molecule has 21 heavy (non-hydrogen) atoms. The topological polar surface area (TPSA) is 59.1 Å². The lowest BCUT2D eigenvalue weighted by molar-refractivity contribution is 0.578. The van der Waals surface area contributed by atoms with E-state index in [4.69, 9.17) is 23.2 Å². The van der Waals surface area contributed by atoms with Crippen molar-refractivity contribution < 1.29 is 17.2 Å². The Hall–Kier alpha value is -1.44. The summed E-state index contributed by atoms with van der Waals surface area (Å²) in [6.07, 6.45) is 0.933. The van der Waals surface area contributed by atoms with Gasteiger partial charge in [-0.15, -0.1) is 0 Å². The summed E-state index contributed by atoms with van der Waals surface area (Å²) < 4.78 is 53.4. The van der Waals surface area contributed by atoms with Gasteiger partial charge in [-0.3, -0.25) is 4.72 Å². The van der Waals surface area contributed by atoms with Crippen molar-refractivity contribution in [3.63, 3.8) is 0 Å². The highest BCUT2D eigenvalue weighted by Gasteiger charge is 2.21. The molecule has 0 unspecified atom stereocenters. The minimum Gasteiger partial charge on any atom is -0.274 e. The van der Waals surface area contributed by atoms with Gasteiger partial charge in [0.2, 0.25) is 0 Å². The van der Waals surface area contributed by atoms with Crippen molar-refractivity contribution in [3.05, 3.63) is 51.8 Å². The number of nitrogens with zero attached hydrogens (tertiary/aromatic N) is 1. The third-order valence-electron chi connectivity index (χ3n) is 2.60. The average Bonchev–Trinajstić information content (AvgIpc) is 2.42. The zero-order chi connectivity index (χ0) is 15.8. The summed E-state index contributed by atoms with van der Waals surface area (Å²) in [4.78, 5) is 3.21. The van der Waals surface area contributed by atoms with E-state index < -0.39 is 27.3 Å². The molecule has 0 saturated heterocycles. The molecule has 0 atom stereocenters. The maximum absolute atomic E-state index is 13.8. The van der Waals surface area contributed by atoms with Crippen molar-refractivity contribution in [1.82, 2.24) is 4.98 Å². The normalized spacial score (nSPS) is 11.5. The summed E-state index contributed by atoms with van der Waals surface area (Å²) in [5.74, 6) is -2.03. The number of pyridine rings is 1. The Morgan fingerprint density at radius 1 is 1.24 bits per heavy atom. The van der Waals surface area contributed by atoms with Gasteiger partial charge in [0, 0.05) is 6.20 Å². The molecule has 112 valence electrons. The van der Waals surface area contributed by atoms with E-state index in [0.29, 0.717) is 0 Å². The van der Waals surface area contributed by atoms with Crippen molar-refractivity contribution in [3.8, 4) is 0 Å². The molecule has 0 aliphatic rings. The van der Waals surface area contributed by atoms with Crippen molar-refractivity contribution >= 4 is 38.9 Å². The predicted molar refractivity (Wildman–Crippen MR) is 76.2 cm³/mol. The van der Waals surface area contributed by atoms with Crippen LogP contribution in [0.15, 0.2) is 29.3 Å². The van der Waals surface area contributed by atoms with Crippen LogP contribution in [0.2, 0.25) is 10.2 Å². The molecule has 0 amide bonds. The summed E-state index contributed by atoms with van der Waals surface area (Å²) in [6, 6.07) is 3.19. The number of benzene rings is 1. The number of rotatable bonds is 3. The lowest BCUT2D eigenvalue weighted by Gasteiger charge is -2.11. The van der Waals surface area contributed by atoms with Crippen LogP contribution in [0.5, 0.6) is 0 Å². The lowest BCUT2D eigenvalue weighted by atomic mass is 10.2. The fourth-order valence-corrected chi connectivity index (χ4v) is 2.87. The first-order valence-corrected chi connectivity index (χ1v) is 7.75. The van der Waals surface area contributed by atoms with Crippen LogP contribution in [0.3, 0.4) is 0 Å². The van der Waals surface area contributed by atoms with Crippen LogP contribution in [0.25, 0.3) is 0 Å². The van der Waals surface area contributed by atoms with Gasteiger partial charge in [-0.2, -0.15) is 0 Å². The molecule has 1 aromatic heterocycles. The van der Waals surface area contributed by atoms with Crippen LogP contribution < -0.4 is 4.72 Å². The van der Waals surface area contributed by atoms with Gasteiger partial charge in [0.1, 0.15) is 21.6 Å². The van der Waals surface area contributed by atoms with E-state index in [1.54, 1.807) is 0 Å². The van der Waals surface area contributed by atoms with Crippen LogP contribution in [-0.2, 0) is 10.0 Å². The Bertz CT molecular complexity index is 813. The molecular formula is C12H8Cl2F2N2O2S. The molecule has 0 fully saturated rings. The van der Waals surface area contributed by atoms with Crippen molar-refractivity contribution in [2.75, 3.05) is 4.72 Å². The third-order valence-corrected chi connectivity index (χ3v) is 4.60. The number of hydrogen-bond acceptors (Lipinski definition) is 3. The number of nitrogens with one attached hydrogen (secondary N) is 1. The van der Waals surface area contributed by atoms with Gasteiger partial charge in [-0.25, -0.2) is 22.2 Å². The number of sulfonamides is 1. The van der Waals surface area contributed by atoms with E-state index in [1.807, 2.05) is 4.72 Å². The van der Waals surface area contributed by atoms with Crippen LogP contribution in [0, 0.1) is 18.6 Å². The van der Waals surface area contributed by atoms with Gasteiger partial charge >= 0.3 is 0 Å². The van der Waals surface area contributed by atoms with Crippen LogP contribution in [0.1, 0.15) is 5.56 Å². The largest absolute Gasteiger partial charge is 0.274 e. The first-order valence-electron chi connectivity index (χ1n) is 5.51.